The summed E-state index contributed by atoms with van der Waals surface area (Å²) in [5.41, 5.74) is 10.2. The van der Waals surface area contributed by atoms with Gasteiger partial charge in [0.1, 0.15) is 0 Å². The smallest absolute Gasteiger partial charge is 0.322 e. The van der Waals surface area contributed by atoms with Gasteiger partial charge in [0.05, 0.1) is 17.6 Å². The number of benzene rings is 2. The molecule has 3 aromatic heterocycles. The summed E-state index contributed by atoms with van der Waals surface area (Å²) in [5.74, 6) is -0.618. The van der Waals surface area contributed by atoms with E-state index in [9.17, 15) is 4.79 Å². The van der Waals surface area contributed by atoms with Crippen LogP contribution in [0.2, 0.25) is 0 Å². The van der Waals surface area contributed by atoms with Gasteiger partial charge in [-0.05, 0) is 48.7 Å². The largest absolute Gasteiger partial charge is 0.421 e. The lowest BCUT2D eigenvalue weighted by Crippen LogP contribution is -2.11. The average molecular weight is 525 g/mol. The summed E-state index contributed by atoms with van der Waals surface area (Å²) in [7, 11) is 1.81. The first kappa shape index (κ1) is 25.5. The number of hydrogen-bond donors (Lipinski definition) is 2. The number of carbonyl (C=O) groups is 1. The number of nitrogens with one attached hydrogen (secondary N) is 1. The van der Waals surface area contributed by atoms with E-state index in [4.69, 9.17) is 15.5 Å². The highest BCUT2D eigenvalue weighted by molar-refractivity contribution is 5.82. The SMILES string of the molecule is Cc1ccnc(Oc2ccc(-c3cnc(Nc4cnn(C)c4)nc3-c3cccc(CCC(N)=O)c3)cc2F)n1. The van der Waals surface area contributed by atoms with E-state index in [2.05, 4.69) is 25.4 Å². The van der Waals surface area contributed by atoms with Gasteiger partial charge in [0, 0.05) is 48.9 Å². The number of nitrogens with zero attached hydrogens (tertiary/aromatic N) is 6. The van der Waals surface area contributed by atoms with E-state index in [1.807, 2.05) is 31.3 Å². The van der Waals surface area contributed by atoms with Crippen LogP contribution in [0, 0.1) is 12.7 Å². The van der Waals surface area contributed by atoms with E-state index >= 15 is 4.39 Å². The van der Waals surface area contributed by atoms with Crippen LogP contribution in [0.25, 0.3) is 22.4 Å². The number of halogens is 1. The first-order chi connectivity index (χ1) is 18.8. The molecule has 10 nitrogen and oxygen atoms in total. The molecule has 0 spiro atoms. The van der Waals surface area contributed by atoms with Gasteiger partial charge in [0.25, 0.3) is 0 Å². The van der Waals surface area contributed by atoms with Crippen LogP contribution < -0.4 is 15.8 Å². The molecule has 3 heterocycles. The van der Waals surface area contributed by atoms with Gasteiger partial charge in [-0.2, -0.15) is 5.10 Å². The zero-order valence-electron chi connectivity index (χ0n) is 21.3. The molecule has 1 amide bonds. The minimum Gasteiger partial charge on any atom is -0.421 e. The number of primary amides is 1. The molecular weight excluding hydrogens is 499 g/mol. The number of carbonyl (C=O) groups excluding carboxylic acids is 1. The standard InChI is InChI=1S/C28H25FN8O2/c1-17-10-11-31-28(34-17)39-24-8-7-19(13-23(24)29)22-15-32-27(35-21-14-33-37(2)16-21)36-26(22)20-5-3-4-18(12-20)6-9-25(30)38/h3-5,7-8,10-16H,6,9H2,1-2H3,(H2,30,38)(H,32,35,36). The fourth-order valence-electron chi connectivity index (χ4n) is 3.95. The van der Waals surface area contributed by atoms with Gasteiger partial charge in [0.15, 0.2) is 11.6 Å². The summed E-state index contributed by atoms with van der Waals surface area (Å²) < 4.78 is 22.4. The Hall–Kier alpha value is -5.19. The van der Waals surface area contributed by atoms with Crippen LogP contribution in [-0.2, 0) is 18.3 Å². The molecule has 0 unspecified atom stereocenters. The van der Waals surface area contributed by atoms with E-state index in [1.165, 1.54) is 12.1 Å². The maximum atomic E-state index is 15.2. The van der Waals surface area contributed by atoms with E-state index in [0.717, 1.165) is 16.8 Å². The second kappa shape index (κ2) is 11.1. The molecule has 39 heavy (non-hydrogen) atoms. The predicted molar refractivity (Wildman–Crippen MR) is 144 cm³/mol. The Morgan fingerprint density at radius 1 is 1.08 bits per heavy atom. The summed E-state index contributed by atoms with van der Waals surface area (Å²) >= 11 is 0. The van der Waals surface area contributed by atoms with Crippen LogP contribution in [0.1, 0.15) is 17.7 Å². The van der Waals surface area contributed by atoms with Crippen molar-refractivity contribution in [1.82, 2.24) is 29.7 Å². The quantitative estimate of drug-likeness (QED) is 0.283. The van der Waals surface area contributed by atoms with Crippen molar-refractivity contribution in [3.05, 3.63) is 90.4 Å². The Kier molecular flexibility index (Phi) is 7.21. The van der Waals surface area contributed by atoms with Gasteiger partial charge in [-0.3, -0.25) is 9.48 Å². The van der Waals surface area contributed by atoms with E-state index < -0.39 is 5.82 Å². The number of anilines is 2. The van der Waals surface area contributed by atoms with E-state index in [-0.39, 0.29) is 24.1 Å². The first-order valence-corrected chi connectivity index (χ1v) is 12.1. The monoisotopic (exact) mass is 524 g/mol. The molecular formula is C28H25FN8O2. The van der Waals surface area contributed by atoms with Gasteiger partial charge < -0.3 is 15.8 Å². The highest BCUT2D eigenvalue weighted by Crippen LogP contribution is 2.34. The molecule has 3 N–H and O–H groups in total. The summed E-state index contributed by atoms with van der Waals surface area (Å²) in [5, 5.41) is 7.30. The molecule has 0 aliphatic carbocycles. The molecule has 11 heteroatoms. The van der Waals surface area contributed by atoms with Crippen molar-refractivity contribution in [1.29, 1.82) is 0 Å². The molecule has 0 aliphatic heterocycles. The second-order valence-electron chi connectivity index (χ2n) is 8.88. The topological polar surface area (TPSA) is 134 Å². The molecule has 196 valence electrons. The normalized spacial score (nSPS) is 10.8. The van der Waals surface area contributed by atoms with Crippen LogP contribution in [0.15, 0.2) is 73.3 Å². The summed E-state index contributed by atoms with van der Waals surface area (Å²) in [6.45, 7) is 1.80. The fraction of sp³-hybridized carbons (Fsp3) is 0.143. The number of aryl methyl sites for hydroxylation is 3. The molecule has 0 atom stereocenters. The Balaban J connectivity index is 1.53. The Labute approximate surface area is 223 Å². The van der Waals surface area contributed by atoms with Crippen molar-refractivity contribution in [3.8, 4) is 34.1 Å². The number of ether oxygens (including phenoxy) is 1. The third-order valence-electron chi connectivity index (χ3n) is 5.83. The summed E-state index contributed by atoms with van der Waals surface area (Å²) in [6.07, 6.45) is 7.36. The van der Waals surface area contributed by atoms with Crippen molar-refractivity contribution in [2.75, 3.05) is 5.32 Å². The van der Waals surface area contributed by atoms with Gasteiger partial charge in [-0.15, -0.1) is 0 Å². The van der Waals surface area contributed by atoms with Crippen molar-refractivity contribution in [3.63, 3.8) is 0 Å². The minimum absolute atomic E-state index is 0.00451. The minimum atomic E-state index is -0.587. The van der Waals surface area contributed by atoms with Gasteiger partial charge >= 0.3 is 6.01 Å². The molecule has 0 radical (unpaired) electrons. The predicted octanol–water partition coefficient (Wildman–Crippen LogP) is 4.74. The molecule has 0 bridgehead atoms. The van der Waals surface area contributed by atoms with Crippen LogP contribution in [0.3, 0.4) is 0 Å². The highest BCUT2D eigenvalue weighted by atomic mass is 19.1. The Morgan fingerprint density at radius 3 is 2.69 bits per heavy atom. The number of aromatic nitrogens is 6. The summed E-state index contributed by atoms with van der Waals surface area (Å²) in [6, 6.07) is 14.0. The van der Waals surface area contributed by atoms with Crippen LogP contribution in [-0.4, -0.2) is 35.6 Å². The van der Waals surface area contributed by atoms with Crippen molar-refractivity contribution in [2.45, 2.75) is 19.8 Å². The molecule has 0 saturated carbocycles. The van der Waals surface area contributed by atoms with Crippen molar-refractivity contribution < 1.29 is 13.9 Å². The number of rotatable bonds is 9. The number of amides is 1. The third kappa shape index (κ3) is 6.21. The third-order valence-corrected chi connectivity index (χ3v) is 5.83. The lowest BCUT2D eigenvalue weighted by Gasteiger charge is -2.13. The molecule has 0 saturated heterocycles. The van der Waals surface area contributed by atoms with Crippen LogP contribution >= 0.6 is 0 Å². The zero-order chi connectivity index (χ0) is 27.4. The average Bonchev–Trinajstić information content (AvgIpc) is 3.33. The van der Waals surface area contributed by atoms with E-state index in [0.29, 0.717) is 34.9 Å². The number of hydrogen-bond acceptors (Lipinski definition) is 8. The fourth-order valence-corrected chi connectivity index (χ4v) is 3.95. The highest BCUT2D eigenvalue weighted by Gasteiger charge is 2.16. The van der Waals surface area contributed by atoms with Crippen LogP contribution in [0.5, 0.6) is 11.8 Å². The molecule has 5 rings (SSSR count). The van der Waals surface area contributed by atoms with E-state index in [1.54, 1.807) is 48.5 Å². The lowest BCUT2D eigenvalue weighted by molar-refractivity contribution is -0.117. The van der Waals surface area contributed by atoms with Gasteiger partial charge in [-0.25, -0.2) is 24.3 Å². The molecule has 0 fully saturated rings. The molecule has 5 aromatic rings. The molecule has 2 aromatic carbocycles. The summed E-state index contributed by atoms with van der Waals surface area (Å²) in [4.78, 5) is 28.7. The Morgan fingerprint density at radius 2 is 1.95 bits per heavy atom. The van der Waals surface area contributed by atoms with Crippen molar-refractivity contribution in [2.24, 2.45) is 12.8 Å². The zero-order valence-corrected chi connectivity index (χ0v) is 21.3. The number of nitrogens with two attached hydrogens (primary N) is 1. The van der Waals surface area contributed by atoms with Gasteiger partial charge in [0.2, 0.25) is 11.9 Å². The second-order valence-corrected chi connectivity index (χ2v) is 8.88. The molecule has 0 aliphatic rings. The lowest BCUT2D eigenvalue weighted by atomic mass is 9.98. The maximum absolute atomic E-state index is 15.2. The van der Waals surface area contributed by atoms with Gasteiger partial charge in [-0.1, -0.05) is 24.3 Å². The first-order valence-electron chi connectivity index (χ1n) is 12.1. The van der Waals surface area contributed by atoms with Crippen molar-refractivity contribution >= 4 is 17.5 Å². The van der Waals surface area contributed by atoms with Crippen LogP contribution in [0.4, 0.5) is 16.0 Å². The maximum Gasteiger partial charge on any atom is 0.322 e. The Bertz CT molecular complexity index is 1650.